The third-order valence-corrected chi connectivity index (χ3v) is 4.05. The van der Waals surface area contributed by atoms with E-state index in [2.05, 4.69) is 25.9 Å². The minimum Gasteiger partial charge on any atom is -0.326 e. The zero-order valence-electron chi connectivity index (χ0n) is 15.7. The maximum absolute atomic E-state index is 12.6. The Bertz CT molecular complexity index is 1060. The van der Waals surface area contributed by atoms with Crippen molar-refractivity contribution in [3.63, 3.8) is 0 Å². The fourth-order valence-corrected chi connectivity index (χ4v) is 2.48. The number of carbonyl (C=O) groups is 2. The summed E-state index contributed by atoms with van der Waals surface area (Å²) in [5, 5.41) is 16.0. The highest BCUT2D eigenvalue weighted by Gasteiger charge is 2.16. The van der Waals surface area contributed by atoms with Gasteiger partial charge in [-0.25, -0.2) is 9.78 Å². The van der Waals surface area contributed by atoms with E-state index in [9.17, 15) is 14.4 Å². The molecule has 3 aromatic rings. The molecule has 2 aromatic heterocycles. The van der Waals surface area contributed by atoms with E-state index in [0.717, 1.165) is 0 Å². The van der Waals surface area contributed by atoms with Crippen LogP contribution in [0.15, 0.2) is 47.4 Å². The van der Waals surface area contributed by atoms with Crippen molar-refractivity contribution in [2.45, 2.75) is 20.8 Å². The van der Waals surface area contributed by atoms with E-state index >= 15 is 0 Å². The number of hydrogen-bond donors (Lipinski definition) is 3. The lowest BCUT2D eigenvalue weighted by molar-refractivity contribution is -0.118. The Labute approximate surface area is 160 Å². The third-order valence-electron chi connectivity index (χ3n) is 4.05. The molecule has 1 aromatic carbocycles. The number of rotatable bonds is 5. The minimum absolute atomic E-state index is 0.103. The molecule has 2 amide bonds. The smallest absolute Gasteiger partial charge is 0.264 e. The fourth-order valence-electron chi connectivity index (χ4n) is 2.48. The van der Waals surface area contributed by atoms with Gasteiger partial charge in [0, 0.05) is 23.4 Å². The summed E-state index contributed by atoms with van der Waals surface area (Å²) in [6.07, 6.45) is 1.43. The van der Waals surface area contributed by atoms with Gasteiger partial charge >= 0.3 is 0 Å². The van der Waals surface area contributed by atoms with Crippen molar-refractivity contribution in [3.8, 4) is 5.82 Å². The molecule has 0 radical (unpaired) electrons. The van der Waals surface area contributed by atoms with Crippen LogP contribution >= 0.6 is 0 Å². The second kappa shape index (κ2) is 7.87. The average Bonchev–Trinajstić information content (AvgIpc) is 3.04. The molecule has 28 heavy (non-hydrogen) atoms. The van der Waals surface area contributed by atoms with Crippen LogP contribution in [-0.2, 0) is 4.79 Å². The van der Waals surface area contributed by atoms with Crippen LogP contribution < -0.4 is 16.2 Å². The number of benzene rings is 1. The highest BCUT2D eigenvalue weighted by molar-refractivity contribution is 6.05. The van der Waals surface area contributed by atoms with Crippen LogP contribution in [0.3, 0.4) is 0 Å². The summed E-state index contributed by atoms with van der Waals surface area (Å²) in [6, 6.07) is 9.75. The van der Waals surface area contributed by atoms with Gasteiger partial charge in [-0.1, -0.05) is 19.9 Å². The Hall–Kier alpha value is -3.75. The van der Waals surface area contributed by atoms with Crippen LogP contribution in [0.25, 0.3) is 5.82 Å². The van der Waals surface area contributed by atoms with Crippen molar-refractivity contribution in [1.29, 1.82) is 0 Å². The van der Waals surface area contributed by atoms with E-state index in [1.807, 2.05) is 0 Å². The van der Waals surface area contributed by atoms with Crippen molar-refractivity contribution >= 4 is 23.2 Å². The van der Waals surface area contributed by atoms with Crippen molar-refractivity contribution in [3.05, 3.63) is 64.2 Å². The minimum atomic E-state index is -0.347. The number of amides is 2. The summed E-state index contributed by atoms with van der Waals surface area (Å²) in [4.78, 5) is 35.6. The first kappa shape index (κ1) is 19.0. The number of carbonyl (C=O) groups excluding carboxylic acids is 2. The molecular weight excluding hydrogens is 360 g/mol. The van der Waals surface area contributed by atoms with Crippen molar-refractivity contribution in [2.24, 2.45) is 5.92 Å². The second-order valence-electron chi connectivity index (χ2n) is 6.51. The maximum Gasteiger partial charge on any atom is 0.264 e. The molecule has 0 saturated carbocycles. The van der Waals surface area contributed by atoms with Crippen molar-refractivity contribution in [1.82, 2.24) is 20.0 Å². The van der Waals surface area contributed by atoms with Crippen LogP contribution in [0.5, 0.6) is 0 Å². The molecule has 0 spiro atoms. The Morgan fingerprint density at radius 2 is 1.82 bits per heavy atom. The molecule has 0 aliphatic rings. The predicted octanol–water partition coefficient (Wildman–Crippen LogP) is 2.11. The number of aromatic nitrogens is 4. The number of nitrogens with zero attached hydrogens (tertiary/aromatic N) is 3. The molecule has 3 rings (SSSR count). The Morgan fingerprint density at radius 1 is 1.11 bits per heavy atom. The Morgan fingerprint density at radius 3 is 2.46 bits per heavy atom. The molecule has 9 nitrogen and oxygen atoms in total. The third kappa shape index (κ3) is 4.14. The van der Waals surface area contributed by atoms with E-state index in [4.69, 9.17) is 0 Å². The molecule has 0 bridgehead atoms. The van der Waals surface area contributed by atoms with E-state index in [-0.39, 0.29) is 23.3 Å². The van der Waals surface area contributed by atoms with Crippen LogP contribution in [0.2, 0.25) is 0 Å². The van der Waals surface area contributed by atoms with Gasteiger partial charge in [0.05, 0.1) is 17.5 Å². The SMILES string of the molecule is Cc1c(C(=O)Nc2cccc(NC(=O)C(C)C)c2)cnn1-c1ccc(=O)[nH]n1. The van der Waals surface area contributed by atoms with Crippen LogP contribution in [0.1, 0.15) is 29.9 Å². The van der Waals surface area contributed by atoms with Crippen LogP contribution in [-0.4, -0.2) is 31.8 Å². The van der Waals surface area contributed by atoms with Gasteiger partial charge in [0.1, 0.15) is 0 Å². The highest BCUT2D eigenvalue weighted by atomic mass is 16.2. The van der Waals surface area contributed by atoms with Gasteiger partial charge in [0.25, 0.3) is 11.5 Å². The number of anilines is 2. The lowest BCUT2D eigenvalue weighted by atomic mass is 10.2. The standard InChI is InChI=1S/C19H20N6O3/c1-11(2)18(27)21-13-5-4-6-14(9-13)22-19(28)15-10-20-25(12(15)3)16-7-8-17(26)24-23-16/h4-11H,1-3H3,(H,21,27)(H,22,28)(H,24,26). The monoisotopic (exact) mass is 380 g/mol. The van der Waals surface area contributed by atoms with E-state index < -0.39 is 0 Å². The molecule has 0 saturated heterocycles. The van der Waals surface area contributed by atoms with E-state index in [1.54, 1.807) is 45.0 Å². The van der Waals surface area contributed by atoms with Gasteiger partial charge in [-0.05, 0) is 31.2 Å². The molecule has 2 heterocycles. The predicted molar refractivity (Wildman–Crippen MR) is 105 cm³/mol. The fraction of sp³-hybridized carbons (Fsp3) is 0.211. The lowest BCUT2D eigenvalue weighted by Gasteiger charge is -2.10. The number of nitrogens with one attached hydrogen (secondary N) is 3. The van der Waals surface area contributed by atoms with Gasteiger partial charge < -0.3 is 10.6 Å². The lowest BCUT2D eigenvalue weighted by Crippen LogP contribution is -2.18. The normalized spacial score (nSPS) is 10.7. The first-order chi connectivity index (χ1) is 13.3. The Kier molecular flexibility index (Phi) is 5.35. The first-order valence-electron chi connectivity index (χ1n) is 8.68. The summed E-state index contributed by atoms with van der Waals surface area (Å²) in [5.41, 5.74) is 1.75. The quantitative estimate of drug-likeness (QED) is 0.626. The van der Waals surface area contributed by atoms with Gasteiger partial charge in [-0.2, -0.15) is 10.2 Å². The van der Waals surface area contributed by atoms with Crippen molar-refractivity contribution < 1.29 is 9.59 Å². The highest BCUT2D eigenvalue weighted by Crippen LogP contribution is 2.18. The average molecular weight is 380 g/mol. The zero-order chi connectivity index (χ0) is 20.3. The zero-order valence-corrected chi connectivity index (χ0v) is 15.7. The van der Waals surface area contributed by atoms with Crippen molar-refractivity contribution in [2.75, 3.05) is 10.6 Å². The van der Waals surface area contributed by atoms with E-state index in [0.29, 0.717) is 28.5 Å². The summed E-state index contributed by atoms with van der Waals surface area (Å²) < 4.78 is 1.46. The number of hydrogen-bond acceptors (Lipinski definition) is 5. The molecule has 144 valence electrons. The molecule has 9 heteroatoms. The largest absolute Gasteiger partial charge is 0.326 e. The first-order valence-corrected chi connectivity index (χ1v) is 8.68. The Balaban J connectivity index is 1.78. The molecule has 0 aliphatic heterocycles. The molecule has 3 N–H and O–H groups in total. The molecule has 0 atom stereocenters. The molecule has 0 fully saturated rings. The van der Waals surface area contributed by atoms with Gasteiger partial charge in [-0.15, -0.1) is 0 Å². The summed E-state index contributed by atoms with van der Waals surface area (Å²) in [7, 11) is 0. The number of aromatic amines is 1. The number of H-pyrrole nitrogens is 1. The summed E-state index contributed by atoms with van der Waals surface area (Å²) in [5.74, 6) is -0.197. The second-order valence-corrected chi connectivity index (χ2v) is 6.51. The van der Waals surface area contributed by atoms with Gasteiger partial charge in [0.15, 0.2) is 5.82 Å². The van der Waals surface area contributed by atoms with E-state index in [1.165, 1.54) is 23.0 Å². The van der Waals surface area contributed by atoms with Gasteiger partial charge in [0.2, 0.25) is 5.91 Å². The molecular formula is C19H20N6O3. The van der Waals surface area contributed by atoms with Crippen LogP contribution in [0.4, 0.5) is 11.4 Å². The summed E-state index contributed by atoms with van der Waals surface area (Å²) >= 11 is 0. The van der Waals surface area contributed by atoms with Gasteiger partial charge in [-0.3, -0.25) is 14.4 Å². The summed E-state index contributed by atoms with van der Waals surface area (Å²) in [6.45, 7) is 5.34. The molecule has 0 aliphatic carbocycles. The van der Waals surface area contributed by atoms with Crippen LogP contribution in [0, 0.1) is 12.8 Å². The molecule has 0 unspecified atom stereocenters. The maximum atomic E-state index is 12.6. The topological polar surface area (TPSA) is 122 Å².